The van der Waals surface area contributed by atoms with Gasteiger partial charge in [-0.25, -0.2) is 28.7 Å². The standard InChI is InChI=1S/C41H43N5O8/c1-23-13-15-32(52-22-33(47)48)28(19-23)21-29-20-27(14-16-31(29)51-7)37-43-38-34(40(49)53-36-25(3)17-24(2)18-26(36)4)35(42-5)39(46(38)44-37)54-41(50)45(6)30-11-9-8-10-12-30/h8-16,19-20,24-26,36H,17-18,21-22H2,1-4,6-7H3,(H,43,44)(H,47,48). The first kappa shape index (κ1) is 37.5. The molecule has 1 aliphatic carbocycles. The van der Waals surface area contributed by atoms with Gasteiger partial charge >= 0.3 is 18.0 Å². The van der Waals surface area contributed by atoms with Crippen LogP contribution in [0.25, 0.3) is 21.9 Å². The lowest BCUT2D eigenvalue weighted by atomic mass is 9.75. The summed E-state index contributed by atoms with van der Waals surface area (Å²) in [5.41, 5.74) is 3.38. The highest BCUT2D eigenvalue weighted by Gasteiger charge is 2.37. The number of aryl methyl sites for hydroxylation is 1. The van der Waals surface area contributed by atoms with E-state index in [0.717, 1.165) is 29.5 Å². The summed E-state index contributed by atoms with van der Waals surface area (Å²) in [6, 6.07) is 19.8. The van der Waals surface area contributed by atoms with Crippen LogP contribution in [-0.2, 0) is 16.0 Å². The third-order valence-corrected chi connectivity index (χ3v) is 9.85. The SMILES string of the molecule is [C-]#[N+]c1c(C(=O)OC2C(C)CC(C)CC2C)c2nc(-c3ccc(OC)c(Cc4cc(C)ccc4OCC(=O)O)c3)[nH]n2c1OC(=O)N(C)c1ccccc1. The van der Waals surface area contributed by atoms with Gasteiger partial charge in [0.05, 0.1) is 13.7 Å². The van der Waals surface area contributed by atoms with Crippen LogP contribution in [0.2, 0.25) is 0 Å². The zero-order chi connectivity index (χ0) is 38.7. The zero-order valence-corrected chi connectivity index (χ0v) is 31.1. The molecule has 3 aromatic carbocycles. The number of para-hydroxylation sites is 1. The number of benzene rings is 3. The van der Waals surface area contributed by atoms with Gasteiger partial charge in [-0.15, -0.1) is 0 Å². The van der Waals surface area contributed by atoms with Crippen molar-refractivity contribution < 1.29 is 38.4 Å². The molecule has 1 fully saturated rings. The number of amides is 1. The molecule has 0 aliphatic heterocycles. The van der Waals surface area contributed by atoms with E-state index >= 15 is 0 Å². The minimum Gasteiger partial charge on any atom is -0.496 e. The fourth-order valence-electron chi connectivity index (χ4n) is 7.40. The Balaban J connectivity index is 1.43. The summed E-state index contributed by atoms with van der Waals surface area (Å²) in [5.74, 6) is 0.0109. The van der Waals surface area contributed by atoms with Crippen LogP contribution < -0.4 is 19.1 Å². The van der Waals surface area contributed by atoms with Gasteiger partial charge in [-0.05, 0) is 85.0 Å². The molecule has 2 heterocycles. The van der Waals surface area contributed by atoms with Crippen molar-refractivity contribution >= 4 is 35.1 Å². The number of nitrogens with zero attached hydrogens (tertiary/aromatic N) is 4. The quantitative estimate of drug-likeness (QED) is 0.101. The average molecular weight is 734 g/mol. The van der Waals surface area contributed by atoms with E-state index in [9.17, 15) is 19.5 Å². The van der Waals surface area contributed by atoms with Crippen LogP contribution in [0.3, 0.4) is 0 Å². The highest BCUT2D eigenvalue weighted by Crippen LogP contribution is 2.41. The third kappa shape index (κ3) is 7.73. The molecule has 0 bridgehead atoms. The highest BCUT2D eigenvalue weighted by molar-refractivity contribution is 6.05. The number of hydrogen-bond acceptors (Lipinski definition) is 8. The Morgan fingerprint density at radius 2 is 1.69 bits per heavy atom. The molecule has 13 nitrogen and oxygen atoms in total. The summed E-state index contributed by atoms with van der Waals surface area (Å²) >= 11 is 0. The van der Waals surface area contributed by atoms with Crippen LogP contribution in [-0.4, -0.2) is 64.6 Å². The lowest BCUT2D eigenvalue weighted by Gasteiger charge is -2.37. The Bertz CT molecular complexity index is 2230. The van der Waals surface area contributed by atoms with Crippen molar-refractivity contribution in [2.24, 2.45) is 17.8 Å². The van der Waals surface area contributed by atoms with Crippen LogP contribution in [0, 0.1) is 31.2 Å². The normalized spacial score (nSPS) is 18.1. The fraction of sp³-hybridized carbons (Fsp3) is 0.341. The first-order valence-corrected chi connectivity index (χ1v) is 17.7. The van der Waals surface area contributed by atoms with Crippen LogP contribution >= 0.6 is 0 Å². The van der Waals surface area contributed by atoms with Crippen molar-refractivity contribution in [2.75, 3.05) is 25.7 Å². The molecule has 5 aromatic rings. The van der Waals surface area contributed by atoms with Gasteiger partial charge in [0.2, 0.25) is 5.88 Å². The van der Waals surface area contributed by atoms with Gasteiger partial charge in [0.25, 0.3) is 5.69 Å². The molecule has 0 saturated heterocycles. The van der Waals surface area contributed by atoms with E-state index in [-0.39, 0.29) is 40.7 Å². The molecular formula is C41H43N5O8. The lowest BCUT2D eigenvalue weighted by Crippen LogP contribution is -2.37. The molecule has 13 heteroatoms. The van der Waals surface area contributed by atoms with Crippen molar-refractivity contribution in [3.63, 3.8) is 0 Å². The summed E-state index contributed by atoms with van der Waals surface area (Å²) in [5, 5.41) is 12.4. The number of aromatic nitrogens is 3. The van der Waals surface area contributed by atoms with Gasteiger partial charge in [0.1, 0.15) is 23.2 Å². The molecule has 2 atom stereocenters. The first-order valence-electron chi connectivity index (χ1n) is 17.7. The Morgan fingerprint density at radius 3 is 2.35 bits per heavy atom. The number of hydrogen-bond donors (Lipinski definition) is 2. The van der Waals surface area contributed by atoms with E-state index < -0.39 is 24.6 Å². The van der Waals surface area contributed by atoms with E-state index in [0.29, 0.717) is 40.9 Å². The predicted octanol–water partition coefficient (Wildman–Crippen LogP) is 8.11. The Hall–Kier alpha value is -6.29. The van der Waals surface area contributed by atoms with Gasteiger partial charge in [-0.1, -0.05) is 56.7 Å². The van der Waals surface area contributed by atoms with Crippen molar-refractivity contribution in [1.82, 2.24) is 14.6 Å². The second-order valence-corrected chi connectivity index (χ2v) is 14.0. The Labute approximate surface area is 313 Å². The number of methoxy groups -OCH3 is 1. The molecule has 1 amide bonds. The van der Waals surface area contributed by atoms with Gasteiger partial charge in [-0.2, -0.15) is 0 Å². The number of anilines is 1. The number of aromatic amines is 1. The van der Waals surface area contributed by atoms with Crippen LogP contribution in [0.5, 0.6) is 17.4 Å². The minimum absolute atomic E-state index is 0.0658. The molecule has 1 saturated carbocycles. The largest absolute Gasteiger partial charge is 0.496 e. The maximum Gasteiger partial charge on any atom is 0.419 e. The smallest absolute Gasteiger partial charge is 0.419 e. The number of aliphatic carboxylic acids is 1. The second-order valence-electron chi connectivity index (χ2n) is 14.0. The molecule has 280 valence electrons. The van der Waals surface area contributed by atoms with Crippen molar-refractivity contribution in [2.45, 2.75) is 53.1 Å². The minimum atomic E-state index is -1.09. The number of ether oxygens (including phenoxy) is 4. The van der Waals surface area contributed by atoms with Gasteiger partial charge in [0, 0.05) is 24.7 Å². The topological polar surface area (TPSA) is 149 Å². The van der Waals surface area contributed by atoms with E-state index in [2.05, 4.69) is 30.7 Å². The molecule has 1 aliphatic rings. The van der Waals surface area contributed by atoms with Crippen LogP contribution in [0.15, 0.2) is 66.7 Å². The number of carbonyl (C=O) groups excluding carboxylic acids is 2. The van der Waals surface area contributed by atoms with Crippen LogP contribution in [0.4, 0.5) is 16.2 Å². The number of rotatable bonds is 11. The van der Waals surface area contributed by atoms with Crippen molar-refractivity contribution in [3.05, 3.63) is 100 Å². The van der Waals surface area contributed by atoms with E-state index in [4.69, 9.17) is 30.5 Å². The maximum atomic E-state index is 14.1. The van der Waals surface area contributed by atoms with Gasteiger partial charge in [-0.3, -0.25) is 10.00 Å². The number of fused-ring (bicyclic) bond motifs is 1. The number of carboxylic acids is 1. The summed E-state index contributed by atoms with van der Waals surface area (Å²) in [6.45, 7) is 15.9. The maximum absolute atomic E-state index is 14.1. The summed E-state index contributed by atoms with van der Waals surface area (Å²) in [4.78, 5) is 48.7. The molecule has 0 radical (unpaired) electrons. The fourth-order valence-corrected chi connectivity index (χ4v) is 7.40. The van der Waals surface area contributed by atoms with Crippen molar-refractivity contribution in [1.29, 1.82) is 0 Å². The summed E-state index contributed by atoms with van der Waals surface area (Å²) < 4.78 is 24.6. The number of H-pyrrole nitrogens is 1. The Kier molecular flexibility index (Phi) is 10.9. The second kappa shape index (κ2) is 15.8. The van der Waals surface area contributed by atoms with Gasteiger partial charge in [0.15, 0.2) is 18.1 Å². The molecule has 2 aromatic heterocycles. The van der Waals surface area contributed by atoms with E-state index in [1.807, 2.05) is 31.2 Å². The molecule has 0 spiro atoms. The molecular weight excluding hydrogens is 690 g/mol. The molecule has 6 rings (SSSR count). The Morgan fingerprint density at radius 1 is 1.00 bits per heavy atom. The number of carboxylic acid groups (broad SMARTS) is 1. The molecule has 2 N–H and O–H groups in total. The molecule has 54 heavy (non-hydrogen) atoms. The van der Waals surface area contributed by atoms with Crippen molar-refractivity contribution in [3.8, 4) is 28.8 Å². The highest BCUT2D eigenvalue weighted by atomic mass is 16.6. The van der Waals surface area contributed by atoms with Gasteiger partial charge < -0.3 is 24.1 Å². The van der Waals surface area contributed by atoms with E-state index in [1.165, 1.54) is 9.42 Å². The summed E-state index contributed by atoms with van der Waals surface area (Å²) in [6.07, 6.45) is 0.985. The lowest BCUT2D eigenvalue weighted by molar-refractivity contribution is -0.139. The van der Waals surface area contributed by atoms with E-state index in [1.54, 1.807) is 56.6 Å². The average Bonchev–Trinajstić information content (AvgIpc) is 3.70. The number of nitrogens with one attached hydrogen (secondary N) is 1. The molecule has 2 unspecified atom stereocenters. The predicted molar refractivity (Wildman–Crippen MR) is 202 cm³/mol. The number of esters is 1. The zero-order valence-electron chi connectivity index (χ0n) is 31.1. The number of carbonyl (C=O) groups is 3. The first-order chi connectivity index (χ1) is 25.9. The van der Waals surface area contributed by atoms with Crippen LogP contribution in [0.1, 0.15) is 60.7 Å². The monoisotopic (exact) mass is 733 g/mol. The summed E-state index contributed by atoms with van der Waals surface area (Å²) in [7, 11) is 3.10. The third-order valence-electron chi connectivity index (χ3n) is 9.85.